The lowest BCUT2D eigenvalue weighted by Crippen LogP contribution is -2.15. The van der Waals surface area contributed by atoms with E-state index in [4.69, 9.17) is 11.6 Å². The lowest BCUT2D eigenvalue weighted by atomic mass is 10.2. The molecule has 0 aromatic heterocycles. The topological polar surface area (TPSA) is 75.3 Å². The Labute approximate surface area is 179 Å². The summed E-state index contributed by atoms with van der Waals surface area (Å²) in [7, 11) is -3.74. The van der Waals surface area contributed by atoms with Crippen molar-refractivity contribution in [2.45, 2.75) is 16.7 Å². The highest BCUT2D eigenvalue weighted by molar-refractivity contribution is 7.99. The molecule has 3 aromatic carbocycles. The van der Waals surface area contributed by atoms with E-state index in [0.717, 1.165) is 10.6 Å². The predicted octanol–water partition coefficient (Wildman–Crippen LogP) is 5.51. The summed E-state index contributed by atoms with van der Waals surface area (Å²) in [5.74, 6) is 0.515. The Morgan fingerprint density at radius 1 is 1.00 bits per heavy atom. The summed E-state index contributed by atoms with van der Waals surface area (Å²) in [6.45, 7) is 2.04. The number of halogens is 1. The molecule has 0 saturated heterocycles. The number of benzene rings is 3. The van der Waals surface area contributed by atoms with Crippen molar-refractivity contribution in [3.63, 3.8) is 0 Å². The SMILES string of the molecule is CCSc1ccccc1NC(=O)c1ccc(NS(=O)(=O)c2ccccc2)cc1Cl. The average molecular weight is 447 g/mol. The summed E-state index contributed by atoms with van der Waals surface area (Å²) in [4.78, 5) is 13.8. The molecule has 0 fully saturated rings. The van der Waals surface area contributed by atoms with E-state index in [0.29, 0.717) is 5.69 Å². The highest BCUT2D eigenvalue weighted by atomic mass is 35.5. The van der Waals surface area contributed by atoms with Gasteiger partial charge in [-0.2, -0.15) is 0 Å². The van der Waals surface area contributed by atoms with E-state index < -0.39 is 10.0 Å². The molecule has 5 nitrogen and oxygen atoms in total. The predicted molar refractivity (Wildman–Crippen MR) is 119 cm³/mol. The van der Waals surface area contributed by atoms with Gasteiger partial charge in [0.2, 0.25) is 0 Å². The second-order valence-corrected chi connectivity index (χ2v) is 9.39. The second-order valence-electron chi connectivity index (χ2n) is 6.00. The fourth-order valence-corrected chi connectivity index (χ4v) is 4.71. The van der Waals surface area contributed by atoms with Crippen LogP contribution in [0.3, 0.4) is 0 Å². The number of anilines is 2. The fraction of sp³-hybridized carbons (Fsp3) is 0.0952. The monoisotopic (exact) mass is 446 g/mol. The van der Waals surface area contributed by atoms with E-state index in [1.54, 1.807) is 30.0 Å². The molecular weight excluding hydrogens is 428 g/mol. The summed E-state index contributed by atoms with van der Waals surface area (Å²) >= 11 is 7.89. The smallest absolute Gasteiger partial charge is 0.261 e. The number of carbonyl (C=O) groups excluding carboxylic acids is 1. The van der Waals surface area contributed by atoms with Gasteiger partial charge in [0, 0.05) is 4.90 Å². The molecule has 3 rings (SSSR count). The van der Waals surface area contributed by atoms with E-state index in [1.165, 1.54) is 30.3 Å². The van der Waals surface area contributed by atoms with Crippen molar-refractivity contribution in [3.05, 3.63) is 83.4 Å². The molecule has 0 saturated carbocycles. The van der Waals surface area contributed by atoms with Crippen molar-refractivity contribution >= 4 is 50.7 Å². The second kappa shape index (κ2) is 9.35. The zero-order chi connectivity index (χ0) is 20.9. The minimum absolute atomic E-state index is 0.142. The van der Waals surface area contributed by atoms with Crippen LogP contribution in [0.25, 0.3) is 0 Å². The molecule has 0 unspecified atom stereocenters. The van der Waals surface area contributed by atoms with Gasteiger partial charge in [0.15, 0.2) is 0 Å². The van der Waals surface area contributed by atoms with Gasteiger partial charge in [0.1, 0.15) is 0 Å². The Morgan fingerprint density at radius 3 is 2.38 bits per heavy atom. The van der Waals surface area contributed by atoms with Gasteiger partial charge >= 0.3 is 0 Å². The summed E-state index contributed by atoms with van der Waals surface area (Å²) in [5.41, 5.74) is 1.23. The normalized spacial score (nSPS) is 11.1. The van der Waals surface area contributed by atoms with Crippen molar-refractivity contribution in [3.8, 4) is 0 Å². The number of hydrogen-bond donors (Lipinski definition) is 2. The molecule has 0 spiro atoms. The van der Waals surface area contributed by atoms with E-state index >= 15 is 0 Å². The van der Waals surface area contributed by atoms with Crippen LogP contribution in [0.1, 0.15) is 17.3 Å². The Bertz CT molecular complexity index is 1120. The van der Waals surface area contributed by atoms with E-state index in [2.05, 4.69) is 10.0 Å². The van der Waals surface area contributed by atoms with Crippen molar-refractivity contribution in [1.29, 1.82) is 0 Å². The van der Waals surface area contributed by atoms with Crippen LogP contribution in [0.2, 0.25) is 5.02 Å². The number of rotatable bonds is 7. The third-order valence-corrected chi connectivity index (χ3v) is 6.62. The van der Waals surface area contributed by atoms with Crippen molar-refractivity contribution in [2.24, 2.45) is 0 Å². The first kappa shape index (κ1) is 21.2. The highest BCUT2D eigenvalue weighted by Gasteiger charge is 2.17. The molecule has 0 atom stereocenters. The van der Waals surface area contributed by atoms with Crippen LogP contribution < -0.4 is 10.0 Å². The Kier molecular flexibility index (Phi) is 6.84. The third-order valence-electron chi connectivity index (χ3n) is 3.95. The number of amides is 1. The number of nitrogens with one attached hydrogen (secondary N) is 2. The van der Waals surface area contributed by atoms with Gasteiger partial charge in [-0.1, -0.05) is 48.9 Å². The molecule has 3 aromatic rings. The summed E-state index contributed by atoms with van der Waals surface area (Å²) in [5, 5.41) is 3.01. The molecule has 0 aliphatic carbocycles. The minimum atomic E-state index is -3.74. The maximum absolute atomic E-state index is 12.7. The van der Waals surface area contributed by atoms with Crippen LogP contribution in [-0.4, -0.2) is 20.1 Å². The number of thioether (sulfide) groups is 1. The number of sulfonamides is 1. The lowest BCUT2D eigenvalue weighted by Gasteiger charge is -2.12. The maximum atomic E-state index is 12.7. The van der Waals surface area contributed by atoms with Crippen LogP contribution >= 0.6 is 23.4 Å². The molecule has 2 N–H and O–H groups in total. The molecule has 0 heterocycles. The van der Waals surface area contributed by atoms with Crippen molar-refractivity contribution in [1.82, 2.24) is 0 Å². The molecule has 150 valence electrons. The van der Waals surface area contributed by atoms with E-state index in [-0.39, 0.29) is 27.1 Å². The molecule has 0 aliphatic rings. The highest BCUT2D eigenvalue weighted by Crippen LogP contribution is 2.29. The van der Waals surface area contributed by atoms with Gasteiger partial charge in [-0.05, 0) is 48.2 Å². The number of para-hydroxylation sites is 1. The molecule has 29 heavy (non-hydrogen) atoms. The van der Waals surface area contributed by atoms with Gasteiger partial charge in [-0.25, -0.2) is 8.42 Å². The Balaban J connectivity index is 1.78. The quantitative estimate of drug-likeness (QED) is 0.469. The Morgan fingerprint density at radius 2 is 1.69 bits per heavy atom. The van der Waals surface area contributed by atoms with Crippen molar-refractivity contribution < 1.29 is 13.2 Å². The molecule has 0 radical (unpaired) electrons. The van der Waals surface area contributed by atoms with Crippen LogP contribution in [0.15, 0.2) is 82.6 Å². The summed E-state index contributed by atoms with van der Waals surface area (Å²) in [6.07, 6.45) is 0. The van der Waals surface area contributed by atoms with Crippen LogP contribution in [0, 0.1) is 0 Å². The van der Waals surface area contributed by atoms with E-state index in [1.807, 2.05) is 31.2 Å². The molecule has 8 heteroatoms. The first-order chi connectivity index (χ1) is 13.9. The first-order valence-electron chi connectivity index (χ1n) is 8.81. The number of hydrogen-bond acceptors (Lipinski definition) is 4. The third kappa shape index (κ3) is 5.32. The van der Waals surface area contributed by atoms with E-state index in [9.17, 15) is 13.2 Å². The molecule has 0 aliphatic heterocycles. The minimum Gasteiger partial charge on any atom is -0.321 e. The Hall–Kier alpha value is -2.48. The summed E-state index contributed by atoms with van der Waals surface area (Å²) in [6, 6.07) is 20.0. The van der Waals surface area contributed by atoms with Gasteiger partial charge < -0.3 is 5.32 Å². The molecule has 0 bridgehead atoms. The van der Waals surface area contributed by atoms with Crippen LogP contribution in [0.5, 0.6) is 0 Å². The fourth-order valence-electron chi connectivity index (χ4n) is 2.62. The van der Waals surface area contributed by atoms with Crippen LogP contribution in [-0.2, 0) is 10.0 Å². The van der Waals surface area contributed by atoms with Gasteiger partial charge in [0.25, 0.3) is 15.9 Å². The number of carbonyl (C=O) groups is 1. The summed E-state index contributed by atoms with van der Waals surface area (Å²) < 4.78 is 27.3. The first-order valence-corrected chi connectivity index (χ1v) is 11.7. The van der Waals surface area contributed by atoms with Gasteiger partial charge in [0.05, 0.1) is 26.9 Å². The maximum Gasteiger partial charge on any atom is 0.261 e. The molecule has 1 amide bonds. The standard InChI is InChI=1S/C21H19ClN2O3S2/c1-2-28-20-11-7-6-10-19(20)23-21(25)17-13-12-15(14-18(17)22)24-29(26,27)16-8-4-3-5-9-16/h3-14,24H,2H2,1H3,(H,23,25). The average Bonchev–Trinajstić information content (AvgIpc) is 2.70. The largest absolute Gasteiger partial charge is 0.321 e. The van der Waals surface area contributed by atoms with Gasteiger partial charge in [-0.3, -0.25) is 9.52 Å². The molecular formula is C21H19ClN2O3S2. The zero-order valence-corrected chi connectivity index (χ0v) is 17.9. The lowest BCUT2D eigenvalue weighted by molar-refractivity contribution is 0.102. The van der Waals surface area contributed by atoms with Crippen LogP contribution in [0.4, 0.5) is 11.4 Å². The van der Waals surface area contributed by atoms with Crippen molar-refractivity contribution in [2.75, 3.05) is 15.8 Å². The zero-order valence-electron chi connectivity index (χ0n) is 15.6. The van der Waals surface area contributed by atoms with Gasteiger partial charge in [-0.15, -0.1) is 11.8 Å².